The van der Waals surface area contributed by atoms with Crippen LogP contribution in [0.4, 0.5) is 0 Å². The SMILES string of the molecule is O=C(CCNC1CCCCC1)NCc1ccccc1Cl. The fourth-order valence-electron chi connectivity index (χ4n) is 2.62. The third-order valence-electron chi connectivity index (χ3n) is 3.82. The number of amides is 1. The second-order valence-electron chi connectivity index (χ2n) is 5.41. The molecule has 1 aromatic rings. The highest BCUT2D eigenvalue weighted by molar-refractivity contribution is 6.31. The third kappa shape index (κ3) is 5.14. The molecule has 0 spiro atoms. The Bertz CT molecular complexity index is 430. The Labute approximate surface area is 126 Å². The number of carbonyl (C=O) groups is 1. The van der Waals surface area contributed by atoms with Gasteiger partial charge in [-0.05, 0) is 24.5 Å². The van der Waals surface area contributed by atoms with Gasteiger partial charge >= 0.3 is 0 Å². The Hall–Kier alpha value is -1.06. The molecule has 2 N–H and O–H groups in total. The van der Waals surface area contributed by atoms with Gasteiger partial charge in [-0.2, -0.15) is 0 Å². The molecule has 2 rings (SSSR count). The van der Waals surface area contributed by atoms with Crippen LogP contribution in [-0.4, -0.2) is 18.5 Å². The Kier molecular flexibility index (Phi) is 6.34. The maximum Gasteiger partial charge on any atom is 0.221 e. The number of hydrogen-bond acceptors (Lipinski definition) is 2. The van der Waals surface area contributed by atoms with Crippen molar-refractivity contribution in [3.05, 3.63) is 34.9 Å². The van der Waals surface area contributed by atoms with E-state index in [-0.39, 0.29) is 5.91 Å². The van der Waals surface area contributed by atoms with E-state index >= 15 is 0 Å². The fraction of sp³-hybridized carbons (Fsp3) is 0.562. The Morgan fingerprint density at radius 2 is 1.95 bits per heavy atom. The van der Waals surface area contributed by atoms with E-state index in [0.717, 1.165) is 12.1 Å². The highest BCUT2D eigenvalue weighted by Gasteiger charge is 2.12. The molecule has 0 heterocycles. The second-order valence-corrected chi connectivity index (χ2v) is 5.81. The Morgan fingerprint density at radius 3 is 2.70 bits per heavy atom. The van der Waals surface area contributed by atoms with Crippen molar-refractivity contribution < 1.29 is 4.79 Å². The average molecular weight is 295 g/mol. The van der Waals surface area contributed by atoms with Crippen LogP contribution in [0.2, 0.25) is 5.02 Å². The van der Waals surface area contributed by atoms with E-state index in [0.29, 0.717) is 24.0 Å². The summed E-state index contributed by atoms with van der Waals surface area (Å²) >= 11 is 6.05. The standard InChI is InChI=1S/C16H23ClN2O/c17-15-9-5-4-6-13(15)12-19-16(20)10-11-18-14-7-2-1-3-8-14/h4-6,9,14,18H,1-3,7-8,10-12H2,(H,19,20). The highest BCUT2D eigenvalue weighted by atomic mass is 35.5. The summed E-state index contributed by atoms with van der Waals surface area (Å²) in [5.41, 5.74) is 0.961. The first kappa shape index (κ1) is 15.3. The molecule has 1 fully saturated rings. The molecular weight excluding hydrogens is 272 g/mol. The minimum atomic E-state index is 0.0771. The van der Waals surface area contributed by atoms with E-state index < -0.39 is 0 Å². The van der Waals surface area contributed by atoms with Crippen LogP contribution in [0.15, 0.2) is 24.3 Å². The average Bonchev–Trinajstić information content (AvgIpc) is 2.47. The van der Waals surface area contributed by atoms with Crippen LogP contribution >= 0.6 is 11.6 Å². The second kappa shape index (κ2) is 8.28. The van der Waals surface area contributed by atoms with Crippen LogP contribution in [0.25, 0.3) is 0 Å². The van der Waals surface area contributed by atoms with Crippen LogP contribution in [-0.2, 0) is 11.3 Å². The summed E-state index contributed by atoms with van der Waals surface area (Å²) in [5, 5.41) is 7.09. The molecular formula is C16H23ClN2O. The van der Waals surface area contributed by atoms with E-state index in [4.69, 9.17) is 11.6 Å². The molecule has 0 unspecified atom stereocenters. The fourth-order valence-corrected chi connectivity index (χ4v) is 2.82. The lowest BCUT2D eigenvalue weighted by atomic mass is 9.95. The zero-order valence-electron chi connectivity index (χ0n) is 11.8. The van der Waals surface area contributed by atoms with Crippen molar-refractivity contribution in [2.24, 2.45) is 0 Å². The van der Waals surface area contributed by atoms with Gasteiger partial charge in [0.05, 0.1) is 0 Å². The van der Waals surface area contributed by atoms with Crippen molar-refractivity contribution in [3.63, 3.8) is 0 Å². The number of benzene rings is 1. The lowest BCUT2D eigenvalue weighted by molar-refractivity contribution is -0.121. The zero-order chi connectivity index (χ0) is 14.2. The van der Waals surface area contributed by atoms with Crippen molar-refractivity contribution in [3.8, 4) is 0 Å². The molecule has 1 aromatic carbocycles. The van der Waals surface area contributed by atoms with Crippen LogP contribution in [0.3, 0.4) is 0 Å². The predicted molar refractivity (Wildman–Crippen MR) is 82.8 cm³/mol. The largest absolute Gasteiger partial charge is 0.352 e. The van der Waals surface area contributed by atoms with Gasteiger partial charge < -0.3 is 10.6 Å². The molecule has 1 aliphatic rings. The molecule has 110 valence electrons. The van der Waals surface area contributed by atoms with E-state index in [1.54, 1.807) is 0 Å². The van der Waals surface area contributed by atoms with Crippen molar-refractivity contribution >= 4 is 17.5 Å². The van der Waals surface area contributed by atoms with Gasteiger partial charge in [-0.1, -0.05) is 49.1 Å². The molecule has 0 saturated heterocycles. The normalized spacial score (nSPS) is 16.1. The number of halogens is 1. The van der Waals surface area contributed by atoms with E-state index in [2.05, 4.69) is 10.6 Å². The molecule has 3 nitrogen and oxygen atoms in total. The summed E-state index contributed by atoms with van der Waals surface area (Å²) in [6, 6.07) is 8.20. The topological polar surface area (TPSA) is 41.1 Å². The van der Waals surface area contributed by atoms with Gasteiger partial charge in [0, 0.05) is 30.6 Å². The maximum atomic E-state index is 11.8. The molecule has 0 atom stereocenters. The maximum absolute atomic E-state index is 11.8. The number of hydrogen-bond donors (Lipinski definition) is 2. The van der Waals surface area contributed by atoms with Gasteiger partial charge in [0.25, 0.3) is 0 Å². The number of rotatable bonds is 6. The molecule has 20 heavy (non-hydrogen) atoms. The lowest BCUT2D eigenvalue weighted by Crippen LogP contribution is -2.34. The molecule has 0 aromatic heterocycles. The van der Waals surface area contributed by atoms with E-state index in [1.165, 1.54) is 32.1 Å². The summed E-state index contributed by atoms with van der Waals surface area (Å²) in [4.78, 5) is 11.8. The first-order valence-electron chi connectivity index (χ1n) is 7.49. The van der Waals surface area contributed by atoms with Crippen LogP contribution in [0.5, 0.6) is 0 Å². The number of carbonyl (C=O) groups excluding carboxylic acids is 1. The summed E-state index contributed by atoms with van der Waals surface area (Å²) in [7, 11) is 0. The summed E-state index contributed by atoms with van der Waals surface area (Å²) < 4.78 is 0. The summed E-state index contributed by atoms with van der Waals surface area (Å²) in [6.07, 6.45) is 7.02. The molecule has 1 amide bonds. The van der Waals surface area contributed by atoms with E-state index in [1.807, 2.05) is 24.3 Å². The van der Waals surface area contributed by atoms with Crippen LogP contribution in [0, 0.1) is 0 Å². The Morgan fingerprint density at radius 1 is 1.20 bits per heavy atom. The van der Waals surface area contributed by atoms with E-state index in [9.17, 15) is 4.79 Å². The number of nitrogens with one attached hydrogen (secondary N) is 2. The quantitative estimate of drug-likeness (QED) is 0.845. The van der Waals surface area contributed by atoms with Gasteiger partial charge in [-0.3, -0.25) is 4.79 Å². The van der Waals surface area contributed by atoms with Gasteiger partial charge in [0.2, 0.25) is 5.91 Å². The molecule has 4 heteroatoms. The van der Waals surface area contributed by atoms with Crippen molar-refractivity contribution in [1.82, 2.24) is 10.6 Å². The zero-order valence-corrected chi connectivity index (χ0v) is 12.6. The smallest absolute Gasteiger partial charge is 0.221 e. The van der Waals surface area contributed by atoms with Gasteiger partial charge in [-0.25, -0.2) is 0 Å². The minimum absolute atomic E-state index is 0.0771. The van der Waals surface area contributed by atoms with Crippen LogP contribution in [0.1, 0.15) is 44.1 Å². The summed E-state index contributed by atoms with van der Waals surface area (Å²) in [6.45, 7) is 1.26. The molecule has 0 aliphatic heterocycles. The first-order chi connectivity index (χ1) is 9.75. The monoisotopic (exact) mass is 294 g/mol. The van der Waals surface area contributed by atoms with Crippen LogP contribution < -0.4 is 10.6 Å². The van der Waals surface area contributed by atoms with Gasteiger partial charge in [-0.15, -0.1) is 0 Å². The molecule has 1 saturated carbocycles. The highest BCUT2D eigenvalue weighted by Crippen LogP contribution is 2.17. The van der Waals surface area contributed by atoms with Gasteiger partial charge in [0.1, 0.15) is 0 Å². The van der Waals surface area contributed by atoms with Gasteiger partial charge in [0.15, 0.2) is 0 Å². The molecule has 0 radical (unpaired) electrons. The minimum Gasteiger partial charge on any atom is -0.352 e. The van der Waals surface area contributed by atoms with Crippen molar-refractivity contribution in [2.45, 2.75) is 51.1 Å². The summed E-state index contributed by atoms with van der Waals surface area (Å²) in [5.74, 6) is 0.0771. The first-order valence-corrected chi connectivity index (χ1v) is 7.87. The van der Waals surface area contributed by atoms with Crippen molar-refractivity contribution in [1.29, 1.82) is 0 Å². The third-order valence-corrected chi connectivity index (χ3v) is 4.19. The molecule has 0 bridgehead atoms. The predicted octanol–water partition coefficient (Wildman–Crippen LogP) is 3.27. The Balaban J connectivity index is 1.62. The molecule has 1 aliphatic carbocycles. The lowest BCUT2D eigenvalue weighted by Gasteiger charge is -2.22. The van der Waals surface area contributed by atoms with Crippen molar-refractivity contribution in [2.75, 3.05) is 6.54 Å².